The Labute approximate surface area is 187 Å². The van der Waals surface area contributed by atoms with Gasteiger partial charge in [-0.05, 0) is 19.2 Å². The molecule has 33 heavy (non-hydrogen) atoms. The Morgan fingerprint density at radius 2 is 1.79 bits per heavy atom. The fourth-order valence-electron chi connectivity index (χ4n) is 3.83. The van der Waals surface area contributed by atoms with Gasteiger partial charge in [-0.3, -0.25) is 14.5 Å². The van der Waals surface area contributed by atoms with E-state index < -0.39 is 17.7 Å². The zero-order chi connectivity index (χ0) is 24.4. The molecule has 3 aliphatic heterocycles. The lowest BCUT2D eigenvalue weighted by molar-refractivity contribution is -0.192. The van der Waals surface area contributed by atoms with Crippen molar-refractivity contribution in [3.8, 4) is 11.5 Å². The Kier molecular flexibility index (Phi) is 7.03. The Balaban J connectivity index is 0.000000383. The molecule has 0 saturated carbocycles. The van der Waals surface area contributed by atoms with Gasteiger partial charge in [0.2, 0.25) is 5.91 Å². The van der Waals surface area contributed by atoms with E-state index in [4.69, 9.17) is 24.1 Å². The number of carbonyl (C=O) groups excluding carboxylic acids is 2. The van der Waals surface area contributed by atoms with Crippen molar-refractivity contribution in [2.75, 3.05) is 53.6 Å². The summed E-state index contributed by atoms with van der Waals surface area (Å²) in [5.74, 6) is -1.77. The van der Waals surface area contributed by atoms with Gasteiger partial charge in [-0.1, -0.05) is 6.07 Å². The summed E-state index contributed by atoms with van der Waals surface area (Å²) in [5, 5.41) is 9.78. The van der Waals surface area contributed by atoms with Crippen LogP contribution in [0.3, 0.4) is 0 Å². The summed E-state index contributed by atoms with van der Waals surface area (Å²) < 4.78 is 48.9. The number of hydrogen-bond acceptors (Lipinski definition) is 7. The molecule has 10 nitrogen and oxygen atoms in total. The van der Waals surface area contributed by atoms with Crippen LogP contribution in [0.1, 0.15) is 10.4 Å². The standard InChI is InChI=1S/C18H23N3O5.C2HF3O2/c1-19-16(22)13-8-26-18(9-20(13)2)10-21(11-18)17(23)12-4-3-5-14-15(12)25-7-6-24-14;3-2(4,5)1(6)7/h3-5,13H,6-11H2,1-2H3,(H,19,22);(H,6,7). The van der Waals surface area contributed by atoms with Crippen LogP contribution in [0.4, 0.5) is 13.2 Å². The first kappa shape index (κ1) is 24.6. The monoisotopic (exact) mass is 475 g/mol. The van der Waals surface area contributed by atoms with Crippen LogP contribution >= 0.6 is 0 Å². The average Bonchev–Trinajstić information content (AvgIpc) is 2.75. The first-order valence-electron chi connectivity index (χ1n) is 10.0. The maximum absolute atomic E-state index is 12.9. The highest BCUT2D eigenvalue weighted by atomic mass is 19.4. The molecule has 1 atom stereocenters. The summed E-state index contributed by atoms with van der Waals surface area (Å²) in [6.45, 7) is 2.87. The third-order valence-electron chi connectivity index (χ3n) is 5.45. The first-order chi connectivity index (χ1) is 15.5. The zero-order valence-electron chi connectivity index (χ0n) is 18.0. The Bertz CT molecular complexity index is 919. The average molecular weight is 475 g/mol. The molecule has 4 rings (SSSR count). The third-order valence-corrected chi connectivity index (χ3v) is 5.45. The fraction of sp³-hybridized carbons (Fsp3) is 0.550. The summed E-state index contributed by atoms with van der Waals surface area (Å²) in [5.41, 5.74) is 0.116. The normalized spacial score (nSPS) is 21.4. The van der Waals surface area contributed by atoms with Crippen LogP contribution in [-0.4, -0.2) is 104 Å². The number of aliphatic carboxylic acids is 1. The molecule has 2 amide bonds. The van der Waals surface area contributed by atoms with Gasteiger partial charge in [-0.25, -0.2) is 4.79 Å². The number of benzene rings is 1. The highest BCUT2D eigenvalue weighted by molar-refractivity contribution is 5.98. The van der Waals surface area contributed by atoms with Crippen LogP contribution in [0.15, 0.2) is 18.2 Å². The van der Waals surface area contributed by atoms with E-state index in [1.165, 1.54) is 0 Å². The molecule has 3 aliphatic rings. The smallest absolute Gasteiger partial charge is 0.486 e. The van der Waals surface area contributed by atoms with Crippen molar-refractivity contribution in [1.29, 1.82) is 0 Å². The molecule has 2 N–H and O–H groups in total. The molecule has 13 heteroatoms. The van der Waals surface area contributed by atoms with Gasteiger partial charge in [-0.15, -0.1) is 0 Å². The minimum Gasteiger partial charge on any atom is -0.486 e. The van der Waals surface area contributed by atoms with E-state index in [1.54, 1.807) is 30.1 Å². The molecule has 0 aliphatic carbocycles. The van der Waals surface area contributed by atoms with E-state index in [0.717, 1.165) is 0 Å². The van der Waals surface area contributed by atoms with E-state index in [2.05, 4.69) is 5.32 Å². The maximum atomic E-state index is 12.9. The Morgan fingerprint density at radius 3 is 2.36 bits per heavy atom. The van der Waals surface area contributed by atoms with Crippen LogP contribution in [0, 0.1) is 0 Å². The predicted molar refractivity (Wildman–Crippen MR) is 106 cm³/mol. The van der Waals surface area contributed by atoms with Gasteiger partial charge in [0.25, 0.3) is 5.91 Å². The number of likely N-dealkylation sites (N-methyl/N-ethyl adjacent to an activating group) is 2. The van der Waals surface area contributed by atoms with E-state index >= 15 is 0 Å². The van der Waals surface area contributed by atoms with Crippen LogP contribution in [0.25, 0.3) is 0 Å². The zero-order valence-corrected chi connectivity index (χ0v) is 18.0. The van der Waals surface area contributed by atoms with Crippen LogP contribution in [0.5, 0.6) is 11.5 Å². The summed E-state index contributed by atoms with van der Waals surface area (Å²) in [4.78, 5) is 37.4. The summed E-state index contributed by atoms with van der Waals surface area (Å²) in [6, 6.07) is 5.08. The number of alkyl halides is 3. The molecule has 2 fully saturated rings. The van der Waals surface area contributed by atoms with Crippen molar-refractivity contribution in [2.24, 2.45) is 0 Å². The summed E-state index contributed by atoms with van der Waals surface area (Å²) >= 11 is 0. The van der Waals surface area contributed by atoms with Gasteiger partial charge in [0, 0.05) is 13.6 Å². The second kappa shape index (κ2) is 9.43. The number of morpholine rings is 1. The lowest BCUT2D eigenvalue weighted by Gasteiger charge is -2.54. The Morgan fingerprint density at radius 1 is 1.15 bits per heavy atom. The number of amides is 2. The second-order valence-corrected chi connectivity index (χ2v) is 7.83. The van der Waals surface area contributed by atoms with Crippen LogP contribution < -0.4 is 14.8 Å². The predicted octanol–water partition coefficient (Wildman–Crippen LogP) is 0.362. The minimum atomic E-state index is -5.08. The molecule has 182 valence electrons. The van der Waals surface area contributed by atoms with Crippen molar-refractivity contribution in [1.82, 2.24) is 15.1 Å². The number of carboxylic acid groups (broad SMARTS) is 1. The number of hydrogen-bond donors (Lipinski definition) is 2. The molecule has 0 aromatic heterocycles. The van der Waals surface area contributed by atoms with E-state index in [1.807, 2.05) is 11.9 Å². The highest BCUT2D eigenvalue weighted by Crippen LogP contribution is 2.37. The number of nitrogens with zero attached hydrogens (tertiary/aromatic N) is 2. The van der Waals surface area contributed by atoms with Gasteiger partial charge in [0.1, 0.15) is 24.9 Å². The van der Waals surface area contributed by atoms with Crippen molar-refractivity contribution < 1.29 is 46.9 Å². The molecule has 1 aromatic rings. The van der Waals surface area contributed by atoms with E-state index in [0.29, 0.717) is 56.5 Å². The van der Waals surface area contributed by atoms with Gasteiger partial charge < -0.3 is 29.5 Å². The fourth-order valence-corrected chi connectivity index (χ4v) is 3.83. The number of likely N-dealkylation sites (tertiary alicyclic amines) is 1. The molecule has 3 heterocycles. The molecular formula is C20H24F3N3O7. The van der Waals surface area contributed by atoms with Crippen LogP contribution in [0.2, 0.25) is 0 Å². The molecule has 1 aromatic carbocycles. The van der Waals surface area contributed by atoms with Gasteiger partial charge in [-0.2, -0.15) is 13.2 Å². The van der Waals surface area contributed by atoms with Crippen molar-refractivity contribution in [3.63, 3.8) is 0 Å². The van der Waals surface area contributed by atoms with Gasteiger partial charge in [0.15, 0.2) is 11.5 Å². The van der Waals surface area contributed by atoms with E-state index in [-0.39, 0.29) is 17.9 Å². The van der Waals surface area contributed by atoms with Gasteiger partial charge >= 0.3 is 12.1 Å². The molecular weight excluding hydrogens is 451 g/mol. The number of rotatable bonds is 2. The summed E-state index contributed by atoms with van der Waals surface area (Å²) in [7, 11) is 3.53. The number of carboxylic acids is 1. The third kappa shape index (κ3) is 5.30. The quantitative estimate of drug-likeness (QED) is 0.630. The lowest BCUT2D eigenvalue weighted by atomic mass is 9.89. The SMILES string of the molecule is CNC(=O)C1COC2(CN(C(=O)c3cccc4c3OCCO4)C2)CN1C.O=C(O)C(F)(F)F. The minimum absolute atomic E-state index is 0.0531. The maximum Gasteiger partial charge on any atom is 0.490 e. The van der Waals surface area contributed by atoms with E-state index in [9.17, 15) is 22.8 Å². The highest BCUT2D eigenvalue weighted by Gasteiger charge is 2.51. The van der Waals surface area contributed by atoms with Crippen LogP contribution in [-0.2, 0) is 14.3 Å². The Hall–Kier alpha value is -3.06. The number of ether oxygens (including phenoxy) is 3. The van der Waals surface area contributed by atoms with Gasteiger partial charge in [0.05, 0.1) is 25.3 Å². The number of para-hydroxylation sites is 1. The first-order valence-corrected chi connectivity index (χ1v) is 10.0. The molecule has 0 bridgehead atoms. The number of nitrogens with one attached hydrogen (secondary N) is 1. The molecule has 0 radical (unpaired) electrons. The largest absolute Gasteiger partial charge is 0.490 e. The molecule has 2 saturated heterocycles. The van der Waals surface area contributed by atoms with Crippen molar-refractivity contribution >= 4 is 17.8 Å². The number of fused-ring (bicyclic) bond motifs is 1. The number of carbonyl (C=O) groups is 3. The lowest BCUT2D eigenvalue weighted by Crippen LogP contribution is -2.73. The van der Waals surface area contributed by atoms with Crippen molar-refractivity contribution in [2.45, 2.75) is 17.8 Å². The molecule has 1 spiro atoms. The topological polar surface area (TPSA) is 118 Å². The summed E-state index contributed by atoms with van der Waals surface area (Å²) in [6.07, 6.45) is -5.08. The number of halogens is 3. The van der Waals surface area contributed by atoms with Crippen molar-refractivity contribution in [3.05, 3.63) is 23.8 Å². The molecule has 1 unspecified atom stereocenters. The second-order valence-electron chi connectivity index (χ2n) is 7.83.